The molecule has 2 nitrogen and oxygen atoms in total. The van der Waals surface area contributed by atoms with Gasteiger partial charge in [-0.1, -0.05) is 0 Å². The van der Waals surface area contributed by atoms with E-state index in [1.165, 1.54) is 20.8 Å². The average molecular weight is 212 g/mol. The van der Waals surface area contributed by atoms with Crippen LogP contribution in [0.15, 0.2) is 0 Å². The monoisotopic (exact) mass is 212 g/mol. The van der Waals surface area contributed by atoms with Crippen LogP contribution in [0.5, 0.6) is 0 Å². The fraction of sp³-hybridized carbons (Fsp3) is 0.889. The molecular formula is C9H15F3O2. The number of carbonyl (C=O) groups is 1. The van der Waals surface area contributed by atoms with E-state index in [0.29, 0.717) is 0 Å². The molecule has 0 aliphatic carbocycles. The third-order valence-corrected chi connectivity index (χ3v) is 1.62. The molecule has 14 heavy (non-hydrogen) atoms. The molecule has 0 unspecified atom stereocenters. The Balaban J connectivity index is 4.70. The smallest absolute Gasteiger partial charge is 0.404 e. The van der Waals surface area contributed by atoms with E-state index in [-0.39, 0.29) is 0 Å². The lowest BCUT2D eigenvalue weighted by molar-refractivity contribution is -0.230. The second-order valence-electron chi connectivity index (χ2n) is 4.62. The Morgan fingerprint density at radius 2 is 1.36 bits per heavy atom. The SMILES string of the molecule is CC(C)(C)OC(=O)C(C)(C)C(F)(F)F. The van der Waals surface area contributed by atoms with Crippen molar-refractivity contribution in [2.45, 2.75) is 46.4 Å². The highest BCUT2D eigenvalue weighted by Crippen LogP contribution is 2.39. The molecule has 0 aromatic heterocycles. The number of alkyl halides is 3. The zero-order valence-electron chi connectivity index (χ0n) is 8.95. The molecule has 0 heterocycles. The summed E-state index contributed by atoms with van der Waals surface area (Å²) in [5.74, 6) is -1.25. The number of hydrogen-bond acceptors (Lipinski definition) is 2. The van der Waals surface area contributed by atoms with Gasteiger partial charge in [0.25, 0.3) is 0 Å². The van der Waals surface area contributed by atoms with Crippen molar-refractivity contribution in [3.05, 3.63) is 0 Å². The summed E-state index contributed by atoms with van der Waals surface area (Å²) in [6.45, 7) is 6.19. The van der Waals surface area contributed by atoms with E-state index in [1.807, 2.05) is 0 Å². The van der Waals surface area contributed by atoms with Crippen LogP contribution in [0.2, 0.25) is 0 Å². The van der Waals surface area contributed by atoms with Crippen molar-refractivity contribution >= 4 is 5.97 Å². The number of rotatable bonds is 1. The van der Waals surface area contributed by atoms with Crippen molar-refractivity contribution < 1.29 is 22.7 Å². The van der Waals surface area contributed by atoms with Gasteiger partial charge in [0, 0.05) is 0 Å². The summed E-state index contributed by atoms with van der Waals surface area (Å²) in [6, 6.07) is 0. The predicted octanol–water partition coefficient (Wildman–Crippen LogP) is 2.92. The van der Waals surface area contributed by atoms with E-state index in [0.717, 1.165) is 13.8 Å². The Kier molecular flexibility index (Phi) is 3.26. The third kappa shape index (κ3) is 3.20. The van der Waals surface area contributed by atoms with Crippen LogP contribution in [0.1, 0.15) is 34.6 Å². The Morgan fingerprint density at radius 1 is 1.00 bits per heavy atom. The highest BCUT2D eigenvalue weighted by Gasteiger charge is 2.54. The number of esters is 1. The van der Waals surface area contributed by atoms with Crippen LogP contribution in [0.4, 0.5) is 13.2 Å². The second kappa shape index (κ2) is 3.44. The fourth-order valence-corrected chi connectivity index (χ4v) is 0.521. The molecular weight excluding hydrogens is 197 g/mol. The van der Waals surface area contributed by atoms with Gasteiger partial charge in [0.15, 0.2) is 5.41 Å². The summed E-state index contributed by atoms with van der Waals surface area (Å²) in [4.78, 5) is 11.2. The third-order valence-electron chi connectivity index (χ3n) is 1.62. The van der Waals surface area contributed by atoms with E-state index in [2.05, 4.69) is 4.74 Å². The molecule has 0 amide bonds. The number of ether oxygens (including phenoxy) is 1. The zero-order valence-corrected chi connectivity index (χ0v) is 8.95. The largest absolute Gasteiger partial charge is 0.459 e. The van der Waals surface area contributed by atoms with Crippen molar-refractivity contribution in [1.82, 2.24) is 0 Å². The van der Waals surface area contributed by atoms with E-state index >= 15 is 0 Å². The van der Waals surface area contributed by atoms with Crippen LogP contribution < -0.4 is 0 Å². The first-order valence-electron chi connectivity index (χ1n) is 4.18. The Bertz CT molecular complexity index is 223. The minimum atomic E-state index is -4.59. The molecule has 0 radical (unpaired) electrons. The lowest BCUT2D eigenvalue weighted by Gasteiger charge is -2.29. The summed E-state index contributed by atoms with van der Waals surface area (Å²) < 4.78 is 41.7. The van der Waals surface area contributed by atoms with E-state index < -0.39 is 23.2 Å². The highest BCUT2D eigenvalue weighted by atomic mass is 19.4. The molecule has 5 heteroatoms. The maximum Gasteiger partial charge on any atom is 0.404 e. The van der Waals surface area contributed by atoms with Gasteiger partial charge in [-0.05, 0) is 34.6 Å². The van der Waals surface area contributed by atoms with Gasteiger partial charge in [-0.3, -0.25) is 4.79 Å². The summed E-state index contributed by atoms with van der Waals surface area (Å²) in [5, 5.41) is 0. The van der Waals surface area contributed by atoms with Gasteiger partial charge < -0.3 is 4.74 Å². The first kappa shape index (κ1) is 13.3. The zero-order chi connectivity index (χ0) is 11.8. The molecule has 0 atom stereocenters. The van der Waals surface area contributed by atoms with Gasteiger partial charge in [0.05, 0.1) is 0 Å². The van der Waals surface area contributed by atoms with Crippen LogP contribution in [-0.4, -0.2) is 17.7 Å². The van der Waals surface area contributed by atoms with Crippen LogP contribution in [0.3, 0.4) is 0 Å². The van der Waals surface area contributed by atoms with Gasteiger partial charge in [0.2, 0.25) is 0 Å². The minimum Gasteiger partial charge on any atom is -0.459 e. The van der Waals surface area contributed by atoms with Crippen molar-refractivity contribution in [2.75, 3.05) is 0 Å². The van der Waals surface area contributed by atoms with E-state index in [4.69, 9.17) is 0 Å². The molecule has 0 fully saturated rings. The summed E-state index contributed by atoms with van der Waals surface area (Å²) >= 11 is 0. The average Bonchev–Trinajstić information content (AvgIpc) is 1.80. The van der Waals surface area contributed by atoms with Crippen molar-refractivity contribution in [3.8, 4) is 0 Å². The van der Waals surface area contributed by atoms with Crippen molar-refractivity contribution in [3.63, 3.8) is 0 Å². The van der Waals surface area contributed by atoms with Gasteiger partial charge in [0.1, 0.15) is 5.60 Å². The van der Waals surface area contributed by atoms with Crippen LogP contribution >= 0.6 is 0 Å². The van der Waals surface area contributed by atoms with E-state index in [9.17, 15) is 18.0 Å². The summed E-state index contributed by atoms with van der Waals surface area (Å²) in [6.07, 6.45) is -4.59. The van der Waals surface area contributed by atoms with Gasteiger partial charge in [-0.15, -0.1) is 0 Å². The highest BCUT2D eigenvalue weighted by molar-refractivity contribution is 5.77. The molecule has 84 valence electrons. The predicted molar refractivity (Wildman–Crippen MR) is 45.7 cm³/mol. The molecule has 0 aliphatic rings. The molecule has 0 aliphatic heterocycles. The molecule has 0 rings (SSSR count). The number of halogens is 3. The lowest BCUT2D eigenvalue weighted by atomic mass is 9.92. The van der Waals surface area contributed by atoms with E-state index in [1.54, 1.807) is 0 Å². The van der Waals surface area contributed by atoms with Crippen molar-refractivity contribution in [2.24, 2.45) is 5.41 Å². The quantitative estimate of drug-likeness (QED) is 0.624. The molecule has 0 aromatic rings. The topological polar surface area (TPSA) is 26.3 Å². The lowest BCUT2D eigenvalue weighted by Crippen LogP contribution is -2.43. The van der Waals surface area contributed by atoms with Crippen molar-refractivity contribution in [1.29, 1.82) is 0 Å². The van der Waals surface area contributed by atoms with Gasteiger partial charge in [-0.25, -0.2) is 0 Å². The molecule has 0 aromatic carbocycles. The van der Waals surface area contributed by atoms with Crippen LogP contribution in [0.25, 0.3) is 0 Å². The molecule has 0 spiro atoms. The van der Waals surface area contributed by atoms with Crippen LogP contribution in [-0.2, 0) is 9.53 Å². The number of hydrogen-bond donors (Lipinski definition) is 0. The number of carbonyl (C=O) groups excluding carboxylic acids is 1. The molecule has 0 bridgehead atoms. The standard InChI is InChI=1S/C9H15F3O2/c1-7(2,3)14-6(13)8(4,5)9(10,11)12/h1-5H3. The molecule has 0 saturated heterocycles. The minimum absolute atomic E-state index is 0.807. The maximum absolute atomic E-state index is 12.4. The molecule has 0 saturated carbocycles. The summed E-state index contributed by atoms with van der Waals surface area (Å²) in [7, 11) is 0. The molecule has 0 N–H and O–H groups in total. The first-order valence-corrected chi connectivity index (χ1v) is 4.18. The fourth-order valence-electron chi connectivity index (χ4n) is 0.521. The Labute approximate surface area is 81.4 Å². The van der Waals surface area contributed by atoms with Gasteiger partial charge >= 0.3 is 12.1 Å². The summed E-state index contributed by atoms with van der Waals surface area (Å²) in [5.41, 5.74) is -3.36. The normalized spacial score (nSPS) is 14.0. The van der Waals surface area contributed by atoms with Crippen LogP contribution in [0, 0.1) is 5.41 Å². The Morgan fingerprint density at radius 3 is 1.57 bits per heavy atom. The second-order valence-corrected chi connectivity index (χ2v) is 4.62. The maximum atomic E-state index is 12.4. The Hall–Kier alpha value is -0.740. The van der Waals surface area contributed by atoms with Gasteiger partial charge in [-0.2, -0.15) is 13.2 Å². The first-order chi connectivity index (χ1) is 5.88.